The van der Waals surface area contributed by atoms with Crippen molar-refractivity contribution in [2.45, 2.75) is 18.7 Å². The molecule has 0 radical (unpaired) electrons. The van der Waals surface area contributed by atoms with Gasteiger partial charge in [-0.2, -0.15) is 0 Å². The second kappa shape index (κ2) is 4.43. The van der Waals surface area contributed by atoms with Crippen molar-refractivity contribution in [1.82, 2.24) is 4.98 Å². The van der Waals surface area contributed by atoms with E-state index < -0.39 is 0 Å². The van der Waals surface area contributed by atoms with E-state index in [0.29, 0.717) is 10.7 Å². The smallest absolute Gasteiger partial charge is 0.0465 e. The highest BCUT2D eigenvalue weighted by Gasteiger charge is 2.13. The first-order valence-electron chi connectivity index (χ1n) is 6.31. The molecule has 1 nitrogen and oxygen atoms in total. The summed E-state index contributed by atoms with van der Waals surface area (Å²) in [6, 6.07) is 15.2. The van der Waals surface area contributed by atoms with E-state index in [1.54, 1.807) is 0 Å². The second-order valence-corrected chi connectivity index (χ2v) is 6.11. The van der Waals surface area contributed by atoms with Gasteiger partial charge in [-0.25, -0.2) is 0 Å². The molecule has 1 N–H and O–H groups in total. The number of hydrogen-bond acceptors (Lipinski definition) is 0. The number of hydrogen-bond donors (Lipinski definition) is 1. The molecule has 0 amide bonds. The van der Waals surface area contributed by atoms with E-state index in [4.69, 9.17) is 0 Å². The van der Waals surface area contributed by atoms with Gasteiger partial charge in [0, 0.05) is 26.6 Å². The molecule has 3 aromatic rings. The number of fused-ring (bicyclic) bond motifs is 3. The first kappa shape index (κ1) is 11.8. The fraction of sp³-hybridized carbons (Fsp3) is 0.250. The number of nitrogens with one attached hydrogen (secondary N) is 1. The van der Waals surface area contributed by atoms with Crippen molar-refractivity contribution in [3.63, 3.8) is 0 Å². The van der Waals surface area contributed by atoms with Gasteiger partial charge in [0.1, 0.15) is 0 Å². The van der Waals surface area contributed by atoms with Crippen LogP contribution in [-0.2, 0) is 0 Å². The molecule has 92 valence electrons. The topological polar surface area (TPSA) is 15.8 Å². The Balaban J connectivity index is 2.24. The van der Waals surface area contributed by atoms with Gasteiger partial charge >= 0.3 is 0 Å². The predicted octanol–water partition coefficient (Wildman–Crippen LogP) is 5.41. The van der Waals surface area contributed by atoms with Crippen LogP contribution in [0, 0.1) is 5.92 Å². The summed E-state index contributed by atoms with van der Waals surface area (Å²) in [6.07, 6.45) is 0. The number of benzene rings is 2. The molecule has 18 heavy (non-hydrogen) atoms. The van der Waals surface area contributed by atoms with Gasteiger partial charge in [-0.3, -0.25) is 0 Å². The van der Waals surface area contributed by atoms with Crippen molar-refractivity contribution in [2.24, 2.45) is 5.92 Å². The summed E-state index contributed by atoms with van der Waals surface area (Å²) in [7, 11) is 0. The summed E-state index contributed by atoms with van der Waals surface area (Å²) in [5, 5.41) is 2.62. The molecule has 1 atom stereocenters. The van der Waals surface area contributed by atoms with Crippen LogP contribution in [0.2, 0.25) is 0 Å². The third kappa shape index (κ3) is 1.85. The van der Waals surface area contributed by atoms with Gasteiger partial charge in [0.25, 0.3) is 0 Å². The van der Waals surface area contributed by atoms with Crippen LogP contribution >= 0.6 is 15.9 Å². The van der Waals surface area contributed by atoms with E-state index >= 15 is 0 Å². The monoisotopic (exact) mass is 301 g/mol. The Hall–Kier alpha value is -1.28. The minimum Gasteiger partial charge on any atom is -0.355 e. The minimum atomic E-state index is 0.413. The molecule has 0 aliphatic rings. The fourth-order valence-corrected chi connectivity index (χ4v) is 2.71. The predicted molar refractivity (Wildman–Crippen MR) is 82.3 cm³/mol. The van der Waals surface area contributed by atoms with Crippen molar-refractivity contribution < 1.29 is 0 Å². The van der Waals surface area contributed by atoms with E-state index in [1.807, 2.05) is 0 Å². The molecule has 0 saturated carbocycles. The molecule has 0 bridgehead atoms. The number of aromatic nitrogens is 1. The Morgan fingerprint density at radius 2 is 1.67 bits per heavy atom. The lowest BCUT2D eigenvalue weighted by Crippen LogP contribution is -1.98. The maximum absolute atomic E-state index is 3.78. The summed E-state index contributed by atoms with van der Waals surface area (Å²) < 4.78 is 0. The third-order valence-electron chi connectivity index (χ3n) is 3.43. The summed E-state index contributed by atoms with van der Waals surface area (Å²) >= 11 is 3.78. The van der Waals surface area contributed by atoms with Gasteiger partial charge in [-0.05, 0) is 29.7 Å². The number of para-hydroxylation sites is 1. The van der Waals surface area contributed by atoms with Gasteiger partial charge < -0.3 is 4.98 Å². The van der Waals surface area contributed by atoms with Crippen LogP contribution in [0.1, 0.15) is 24.2 Å². The highest BCUT2D eigenvalue weighted by atomic mass is 79.9. The molecule has 1 unspecified atom stereocenters. The Labute approximate surface area is 115 Å². The van der Waals surface area contributed by atoms with E-state index in [9.17, 15) is 0 Å². The largest absolute Gasteiger partial charge is 0.355 e. The molecule has 2 aromatic carbocycles. The molecule has 0 fully saturated rings. The Morgan fingerprint density at radius 3 is 2.44 bits per heavy atom. The number of halogens is 1. The molecule has 0 aliphatic carbocycles. The van der Waals surface area contributed by atoms with Gasteiger partial charge in [-0.15, -0.1) is 0 Å². The average molecular weight is 302 g/mol. The summed E-state index contributed by atoms with van der Waals surface area (Å²) in [4.78, 5) is 3.87. The Bertz CT molecular complexity index is 696. The molecule has 0 aliphatic heterocycles. The van der Waals surface area contributed by atoms with Crippen LogP contribution in [0.25, 0.3) is 21.8 Å². The molecule has 0 saturated heterocycles. The van der Waals surface area contributed by atoms with Crippen molar-refractivity contribution in [2.75, 3.05) is 0 Å². The third-order valence-corrected chi connectivity index (χ3v) is 5.02. The van der Waals surface area contributed by atoms with Crippen LogP contribution in [0.4, 0.5) is 0 Å². The molecular weight excluding hydrogens is 286 g/mol. The maximum Gasteiger partial charge on any atom is 0.0465 e. The average Bonchev–Trinajstić information content (AvgIpc) is 2.75. The molecular formula is C16H16BrN. The van der Waals surface area contributed by atoms with Crippen LogP contribution < -0.4 is 0 Å². The number of alkyl halides is 1. The van der Waals surface area contributed by atoms with Gasteiger partial charge in [-0.1, -0.05) is 54.0 Å². The number of aromatic amines is 1. The Kier molecular flexibility index (Phi) is 2.90. The lowest BCUT2D eigenvalue weighted by molar-refractivity contribution is 0.641. The number of rotatable bonds is 2. The van der Waals surface area contributed by atoms with Crippen molar-refractivity contribution >= 4 is 37.7 Å². The molecule has 1 aromatic heterocycles. The standard InChI is InChI=1S/C16H16BrN/c1-10(2)16(17)11-7-8-15-13(9-11)12-5-3-4-6-14(12)18-15/h3-10,16,18H,1-2H3. The summed E-state index contributed by atoms with van der Waals surface area (Å²) in [5.41, 5.74) is 3.77. The molecule has 3 rings (SSSR count). The van der Waals surface area contributed by atoms with Crippen LogP contribution in [0.15, 0.2) is 42.5 Å². The zero-order chi connectivity index (χ0) is 12.7. The van der Waals surface area contributed by atoms with E-state index in [1.165, 1.54) is 27.4 Å². The SMILES string of the molecule is CC(C)C(Br)c1ccc2[nH]c3ccccc3c2c1. The van der Waals surface area contributed by atoms with Crippen molar-refractivity contribution in [1.29, 1.82) is 0 Å². The lowest BCUT2D eigenvalue weighted by atomic mass is 10.0. The minimum absolute atomic E-state index is 0.413. The summed E-state index contributed by atoms with van der Waals surface area (Å²) in [5.74, 6) is 0.590. The molecule has 0 spiro atoms. The molecule has 2 heteroatoms. The van der Waals surface area contributed by atoms with E-state index in [2.05, 4.69) is 77.2 Å². The maximum atomic E-state index is 3.78. The number of H-pyrrole nitrogens is 1. The van der Waals surface area contributed by atoms with Crippen LogP contribution in [-0.4, -0.2) is 4.98 Å². The van der Waals surface area contributed by atoms with Gasteiger partial charge in [0.05, 0.1) is 0 Å². The Morgan fingerprint density at radius 1 is 0.944 bits per heavy atom. The van der Waals surface area contributed by atoms with Gasteiger partial charge in [0.15, 0.2) is 0 Å². The van der Waals surface area contributed by atoms with Crippen molar-refractivity contribution in [3.8, 4) is 0 Å². The van der Waals surface area contributed by atoms with E-state index in [-0.39, 0.29) is 0 Å². The lowest BCUT2D eigenvalue weighted by Gasteiger charge is -2.14. The van der Waals surface area contributed by atoms with Crippen molar-refractivity contribution in [3.05, 3.63) is 48.0 Å². The zero-order valence-corrected chi connectivity index (χ0v) is 12.2. The van der Waals surface area contributed by atoms with Crippen LogP contribution in [0.5, 0.6) is 0 Å². The molecule has 1 heterocycles. The van der Waals surface area contributed by atoms with E-state index in [0.717, 1.165) is 0 Å². The van der Waals surface area contributed by atoms with Crippen LogP contribution in [0.3, 0.4) is 0 Å². The normalized spacial score (nSPS) is 13.6. The highest BCUT2D eigenvalue weighted by molar-refractivity contribution is 9.09. The summed E-state index contributed by atoms with van der Waals surface area (Å²) in [6.45, 7) is 4.47. The first-order chi connectivity index (χ1) is 8.66. The first-order valence-corrected chi connectivity index (χ1v) is 7.23. The zero-order valence-electron chi connectivity index (χ0n) is 10.6. The van der Waals surface area contributed by atoms with Gasteiger partial charge in [0.2, 0.25) is 0 Å². The quantitative estimate of drug-likeness (QED) is 0.609. The fourth-order valence-electron chi connectivity index (χ4n) is 2.42. The highest BCUT2D eigenvalue weighted by Crippen LogP contribution is 2.34. The second-order valence-electron chi connectivity index (χ2n) is 5.12.